The minimum Gasteiger partial charge on any atom is -0.298 e. The third-order valence-electron chi connectivity index (χ3n) is 5.65. The van der Waals surface area contributed by atoms with Crippen LogP contribution in [-0.2, 0) is 13.1 Å². The van der Waals surface area contributed by atoms with Crippen molar-refractivity contribution >= 4 is 10.8 Å². The Kier molecular flexibility index (Phi) is 5.46. The third kappa shape index (κ3) is 4.18. The highest BCUT2D eigenvalue weighted by Crippen LogP contribution is 2.23. The second kappa shape index (κ2) is 8.15. The molecule has 1 aromatic heterocycles. The molecule has 1 aliphatic rings. The lowest BCUT2D eigenvalue weighted by Crippen LogP contribution is -2.45. The Morgan fingerprint density at radius 1 is 1.11 bits per heavy atom. The average Bonchev–Trinajstić information content (AvgIpc) is 2.70. The van der Waals surface area contributed by atoms with Gasteiger partial charge in [-0.05, 0) is 49.5 Å². The number of likely N-dealkylation sites (tertiary alicyclic amines) is 1. The van der Waals surface area contributed by atoms with E-state index in [1.165, 1.54) is 22.8 Å². The van der Waals surface area contributed by atoms with Crippen LogP contribution >= 0.6 is 0 Å². The molecule has 1 aliphatic heterocycles. The van der Waals surface area contributed by atoms with Gasteiger partial charge in [0.1, 0.15) is 5.82 Å². The molecule has 2 aromatic carbocycles. The predicted molar refractivity (Wildman–Crippen MR) is 108 cm³/mol. The number of likely N-dealkylation sites (N-methyl/N-ethyl adjacent to an activating group) is 1. The maximum atomic E-state index is 14.0. The van der Waals surface area contributed by atoms with E-state index < -0.39 is 0 Å². The molecule has 4 heteroatoms. The molecular weight excluding hydrogens is 337 g/mol. The Hall–Kier alpha value is -2.30. The minimum atomic E-state index is -0.0997. The summed E-state index contributed by atoms with van der Waals surface area (Å²) in [6.45, 7) is 3.63. The van der Waals surface area contributed by atoms with Crippen molar-refractivity contribution < 1.29 is 4.39 Å². The molecule has 0 saturated carbocycles. The first-order valence-electron chi connectivity index (χ1n) is 9.68. The number of halogens is 1. The number of benzene rings is 2. The van der Waals surface area contributed by atoms with Crippen molar-refractivity contribution in [3.63, 3.8) is 0 Å². The first-order valence-corrected chi connectivity index (χ1v) is 9.68. The van der Waals surface area contributed by atoms with Crippen LogP contribution in [0, 0.1) is 5.82 Å². The van der Waals surface area contributed by atoms with E-state index in [0.717, 1.165) is 31.6 Å². The molecule has 2 heterocycles. The Balaban J connectivity index is 1.44. The molecule has 0 bridgehead atoms. The number of fused-ring (bicyclic) bond motifs is 1. The van der Waals surface area contributed by atoms with Gasteiger partial charge < -0.3 is 0 Å². The molecule has 27 heavy (non-hydrogen) atoms. The van der Waals surface area contributed by atoms with Crippen molar-refractivity contribution in [2.45, 2.75) is 32.0 Å². The van der Waals surface area contributed by atoms with E-state index >= 15 is 0 Å². The monoisotopic (exact) mass is 363 g/mol. The molecule has 3 nitrogen and oxygen atoms in total. The van der Waals surface area contributed by atoms with Crippen LogP contribution in [0.1, 0.15) is 24.0 Å². The van der Waals surface area contributed by atoms with E-state index in [1.54, 1.807) is 12.1 Å². The summed E-state index contributed by atoms with van der Waals surface area (Å²) in [4.78, 5) is 9.06. The van der Waals surface area contributed by atoms with Gasteiger partial charge in [0.2, 0.25) is 0 Å². The molecule has 0 radical (unpaired) electrons. The Morgan fingerprint density at radius 3 is 2.85 bits per heavy atom. The molecule has 0 spiro atoms. The van der Waals surface area contributed by atoms with Crippen LogP contribution in [0.15, 0.2) is 60.9 Å². The van der Waals surface area contributed by atoms with Crippen molar-refractivity contribution in [1.82, 2.24) is 14.8 Å². The van der Waals surface area contributed by atoms with Crippen molar-refractivity contribution in [2.75, 3.05) is 20.1 Å². The van der Waals surface area contributed by atoms with Gasteiger partial charge in [0.15, 0.2) is 0 Å². The number of nitrogens with zero attached hydrogens (tertiary/aromatic N) is 3. The third-order valence-corrected chi connectivity index (χ3v) is 5.65. The maximum Gasteiger partial charge on any atom is 0.127 e. The van der Waals surface area contributed by atoms with Gasteiger partial charge in [-0.25, -0.2) is 4.39 Å². The second-order valence-corrected chi connectivity index (χ2v) is 7.55. The van der Waals surface area contributed by atoms with Crippen LogP contribution in [0.5, 0.6) is 0 Å². The Labute approximate surface area is 160 Å². The second-order valence-electron chi connectivity index (χ2n) is 7.55. The van der Waals surface area contributed by atoms with E-state index in [0.29, 0.717) is 12.6 Å². The number of rotatable bonds is 5. The molecule has 4 rings (SSSR count). The largest absolute Gasteiger partial charge is 0.298 e. The lowest BCUT2D eigenvalue weighted by molar-refractivity contribution is 0.106. The fourth-order valence-corrected chi connectivity index (χ4v) is 4.13. The fraction of sp³-hybridized carbons (Fsp3) is 0.348. The molecular formula is C23H26FN3. The molecule has 1 unspecified atom stereocenters. The Bertz CT molecular complexity index is 906. The summed E-state index contributed by atoms with van der Waals surface area (Å²) in [5.74, 6) is -0.0997. The van der Waals surface area contributed by atoms with E-state index in [1.807, 2.05) is 24.5 Å². The SMILES string of the molecule is CN(Cc1cccc2cnccc12)C1CCCN(Cc2ccccc2F)C1. The number of pyridine rings is 1. The number of hydrogen-bond donors (Lipinski definition) is 0. The summed E-state index contributed by atoms with van der Waals surface area (Å²) >= 11 is 0. The highest BCUT2D eigenvalue weighted by molar-refractivity contribution is 5.84. The minimum absolute atomic E-state index is 0.0997. The average molecular weight is 363 g/mol. The van der Waals surface area contributed by atoms with Crippen molar-refractivity contribution in [2.24, 2.45) is 0 Å². The zero-order valence-electron chi connectivity index (χ0n) is 15.8. The molecule has 3 aromatic rings. The van der Waals surface area contributed by atoms with Gasteiger partial charge in [0.05, 0.1) is 0 Å². The van der Waals surface area contributed by atoms with Gasteiger partial charge in [-0.3, -0.25) is 14.8 Å². The van der Waals surface area contributed by atoms with Crippen molar-refractivity contribution in [3.8, 4) is 0 Å². The van der Waals surface area contributed by atoms with Crippen LogP contribution in [0.3, 0.4) is 0 Å². The van der Waals surface area contributed by atoms with Gasteiger partial charge in [0, 0.05) is 49.0 Å². The smallest absolute Gasteiger partial charge is 0.127 e. The molecule has 0 aliphatic carbocycles. The van der Waals surface area contributed by atoms with Crippen molar-refractivity contribution in [3.05, 3.63) is 77.9 Å². The van der Waals surface area contributed by atoms with Crippen molar-refractivity contribution in [1.29, 1.82) is 0 Å². The van der Waals surface area contributed by atoms with E-state index in [2.05, 4.69) is 46.1 Å². The topological polar surface area (TPSA) is 19.4 Å². The predicted octanol–water partition coefficient (Wildman–Crippen LogP) is 4.47. The number of piperidine rings is 1. The normalized spacial score (nSPS) is 18.3. The Morgan fingerprint density at radius 2 is 1.96 bits per heavy atom. The summed E-state index contributed by atoms with van der Waals surface area (Å²) in [5.41, 5.74) is 2.13. The quantitative estimate of drug-likeness (QED) is 0.667. The van der Waals surface area contributed by atoms with Crippen LogP contribution < -0.4 is 0 Å². The summed E-state index contributed by atoms with van der Waals surface area (Å²) in [5, 5.41) is 2.46. The highest BCUT2D eigenvalue weighted by atomic mass is 19.1. The summed E-state index contributed by atoms with van der Waals surface area (Å²) < 4.78 is 14.0. The van der Waals surface area contributed by atoms with Gasteiger partial charge >= 0.3 is 0 Å². The van der Waals surface area contributed by atoms with Gasteiger partial charge in [-0.15, -0.1) is 0 Å². The summed E-state index contributed by atoms with van der Waals surface area (Å²) in [7, 11) is 2.21. The van der Waals surface area contributed by atoms with E-state index in [9.17, 15) is 4.39 Å². The zero-order chi connectivity index (χ0) is 18.6. The van der Waals surface area contributed by atoms with Crippen LogP contribution in [0.25, 0.3) is 10.8 Å². The summed E-state index contributed by atoms with van der Waals surface area (Å²) in [6.07, 6.45) is 6.14. The first-order chi connectivity index (χ1) is 13.2. The lowest BCUT2D eigenvalue weighted by atomic mass is 10.0. The molecule has 1 saturated heterocycles. The van der Waals surface area contributed by atoms with E-state index in [4.69, 9.17) is 0 Å². The molecule has 0 N–H and O–H groups in total. The molecule has 0 amide bonds. The van der Waals surface area contributed by atoms with Crippen LogP contribution in [0.4, 0.5) is 4.39 Å². The molecule has 1 fully saturated rings. The summed E-state index contributed by atoms with van der Waals surface area (Å²) in [6, 6.07) is 16.1. The highest BCUT2D eigenvalue weighted by Gasteiger charge is 2.24. The first kappa shape index (κ1) is 18.1. The van der Waals surface area contributed by atoms with Crippen LogP contribution in [0.2, 0.25) is 0 Å². The molecule has 1 atom stereocenters. The zero-order valence-corrected chi connectivity index (χ0v) is 15.8. The van der Waals surface area contributed by atoms with E-state index in [-0.39, 0.29) is 5.82 Å². The fourth-order valence-electron chi connectivity index (χ4n) is 4.13. The van der Waals surface area contributed by atoms with Gasteiger partial charge in [-0.1, -0.05) is 36.4 Å². The number of hydrogen-bond acceptors (Lipinski definition) is 3. The lowest BCUT2D eigenvalue weighted by Gasteiger charge is -2.38. The number of aromatic nitrogens is 1. The maximum absolute atomic E-state index is 14.0. The van der Waals surface area contributed by atoms with Crippen LogP contribution in [-0.4, -0.2) is 41.0 Å². The van der Waals surface area contributed by atoms with Gasteiger partial charge in [-0.2, -0.15) is 0 Å². The van der Waals surface area contributed by atoms with Gasteiger partial charge in [0.25, 0.3) is 0 Å². The standard InChI is InChI=1S/C23H26FN3/c1-26(15-19-8-4-7-18-14-25-12-11-22(18)19)21-9-5-13-27(17-21)16-20-6-2-3-10-23(20)24/h2-4,6-8,10-12,14,21H,5,9,13,15-17H2,1H3. The molecule has 140 valence electrons.